The fourth-order valence-electron chi connectivity index (χ4n) is 3.59. The number of carbonyl (C=O) groups excluding carboxylic acids is 2. The van der Waals surface area contributed by atoms with Gasteiger partial charge in [-0.05, 0) is 25.0 Å². The van der Waals surface area contributed by atoms with E-state index in [0.29, 0.717) is 31.9 Å². The zero-order valence-electron chi connectivity index (χ0n) is 13.8. The van der Waals surface area contributed by atoms with E-state index < -0.39 is 0 Å². The van der Waals surface area contributed by atoms with Crippen molar-refractivity contribution in [1.82, 2.24) is 20.1 Å². The molecule has 3 aliphatic rings. The molecule has 0 spiro atoms. The Morgan fingerprint density at radius 2 is 2.32 bits per heavy atom. The van der Waals surface area contributed by atoms with Crippen molar-refractivity contribution in [2.24, 2.45) is 5.92 Å². The van der Waals surface area contributed by atoms with Gasteiger partial charge in [0.15, 0.2) is 0 Å². The summed E-state index contributed by atoms with van der Waals surface area (Å²) in [6.45, 7) is 1.93. The van der Waals surface area contributed by atoms with Crippen molar-refractivity contribution < 1.29 is 14.0 Å². The smallest absolute Gasteiger partial charge is 0.317 e. The molecular weight excluding hydrogens is 340 g/mol. The third-order valence-corrected chi connectivity index (χ3v) is 5.53. The van der Waals surface area contributed by atoms with Crippen LogP contribution in [0.3, 0.4) is 0 Å². The first-order valence-corrected chi connectivity index (χ1v) is 9.37. The molecule has 5 rings (SSSR count). The van der Waals surface area contributed by atoms with Gasteiger partial charge in [-0.3, -0.25) is 4.79 Å². The Labute approximate surface area is 149 Å². The molecule has 2 aromatic rings. The van der Waals surface area contributed by atoms with Gasteiger partial charge in [0.1, 0.15) is 5.76 Å². The van der Waals surface area contributed by atoms with Crippen molar-refractivity contribution in [3.05, 3.63) is 40.7 Å². The van der Waals surface area contributed by atoms with Crippen LogP contribution in [-0.2, 0) is 17.9 Å². The molecule has 0 aromatic carbocycles. The Morgan fingerprint density at radius 3 is 3.08 bits per heavy atom. The second kappa shape index (κ2) is 6.87. The van der Waals surface area contributed by atoms with Crippen LogP contribution in [0.25, 0.3) is 0 Å². The molecule has 3 saturated heterocycles. The van der Waals surface area contributed by atoms with E-state index in [2.05, 4.69) is 10.3 Å². The second-order valence-electron chi connectivity index (χ2n) is 6.52. The molecular formula is C17H20N4O3S. The van der Waals surface area contributed by atoms with E-state index in [0.717, 1.165) is 18.5 Å². The summed E-state index contributed by atoms with van der Waals surface area (Å²) in [6.07, 6.45) is 3.37. The summed E-state index contributed by atoms with van der Waals surface area (Å²) in [5.41, 5.74) is 2.70. The molecule has 7 nitrogen and oxygen atoms in total. The first-order valence-electron chi connectivity index (χ1n) is 8.43. The monoisotopic (exact) mass is 360 g/mol. The molecule has 25 heavy (non-hydrogen) atoms. The van der Waals surface area contributed by atoms with Crippen molar-refractivity contribution >= 4 is 23.3 Å². The molecule has 0 aliphatic carbocycles. The second-order valence-corrected chi connectivity index (χ2v) is 7.24. The van der Waals surface area contributed by atoms with Crippen LogP contribution < -0.4 is 5.32 Å². The number of piperidine rings is 1. The van der Waals surface area contributed by atoms with E-state index in [9.17, 15) is 9.59 Å². The van der Waals surface area contributed by atoms with E-state index >= 15 is 0 Å². The van der Waals surface area contributed by atoms with Gasteiger partial charge >= 0.3 is 6.03 Å². The van der Waals surface area contributed by atoms with E-state index in [4.69, 9.17) is 4.42 Å². The zero-order chi connectivity index (χ0) is 17.2. The van der Waals surface area contributed by atoms with Gasteiger partial charge in [0.05, 0.1) is 36.5 Å². The Hall–Kier alpha value is -2.35. The van der Waals surface area contributed by atoms with Crippen molar-refractivity contribution in [2.75, 3.05) is 13.1 Å². The van der Waals surface area contributed by atoms with Gasteiger partial charge in [-0.15, -0.1) is 11.3 Å². The molecule has 1 N–H and O–H groups in total. The van der Waals surface area contributed by atoms with Crippen LogP contribution in [-0.4, -0.2) is 45.9 Å². The summed E-state index contributed by atoms with van der Waals surface area (Å²) < 4.78 is 5.24. The van der Waals surface area contributed by atoms with Crippen LogP contribution in [0.15, 0.2) is 33.7 Å². The predicted molar refractivity (Wildman–Crippen MR) is 91.7 cm³/mol. The van der Waals surface area contributed by atoms with Crippen LogP contribution in [0, 0.1) is 5.92 Å². The third-order valence-electron chi connectivity index (χ3n) is 4.89. The number of urea groups is 1. The molecule has 132 valence electrons. The number of furan rings is 1. The fraction of sp³-hybridized carbons (Fsp3) is 0.471. The molecule has 3 aliphatic heterocycles. The van der Waals surface area contributed by atoms with Crippen molar-refractivity contribution in [2.45, 2.75) is 32.0 Å². The Balaban J connectivity index is 1.43. The number of hydrogen-bond acceptors (Lipinski definition) is 5. The van der Waals surface area contributed by atoms with Gasteiger partial charge in [0.25, 0.3) is 0 Å². The molecule has 8 heteroatoms. The highest BCUT2D eigenvalue weighted by atomic mass is 32.1. The highest BCUT2D eigenvalue weighted by Gasteiger charge is 2.42. The maximum absolute atomic E-state index is 12.8. The van der Waals surface area contributed by atoms with Gasteiger partial charge in [0, 0.05) is 24.5 Å². The largest absolute Gasteiger partial charge is 0.467 e. The van der Waals surface area contributed by atoms with Crippen LogP contribution in [0.5, 0.6) is 0 Å². The number of nitrogens with zero attached hydrogens (tertiary/aromatic N) is 3. The lowest BCUT2D eigenvalue weighted by atomic mass is 9.94. The lowest BCUT2D eigenvalue weighted by molar-refractivity contribution is -0.140. The first kappa shape index (κ1) is 16.1. The van der Waals surface area contributed by atoms with Gasteiger partial charge in [-0.1, -0.05) is 0 Å². The number of aromatic nitrogens is 1. The highest BCUT2D eigenvalue weighted by Crippen LogP contribution is 2.30. The average Bonchev–Trinajstić information content (AvgIpc) is 3.25. The number of carbonyl (C=O) groups is 2. The Morgan fingerprint density at radius 1 is 1.40 bits per heavy atom. The number of nitrogens with one attached hydrogen (secondary N) is 1. The molecule has 2 atom stereocenters. The molecule has 2 unspecified atom stereocenters. The van der Waals surface area contributed by atoms with Gasteiger partial charge in [-0.2, -0.15) is 0 Å². The zero-order valence-corrected chi connectivity index (χ0v) is 14.6. The summed E-state index contributed by atoms with van der Waals surface area (Å²) in [4.78, 5) is 33.3. The third kappa shape index (κ3) is 3.39. The summed E-state index contributed by atoms with van der Waals surface area (Å²) in [5, 5.41) is 4.85. The first-order chi connectivity index (χ1) is 12.2. The topological polar surface area (TPSA) is 78.7 Å². The normalized spacial score (nSPS) is 23.0. The fourth-order valence-corrected chi connectivity index (χ4v) is 4.14. The minimum atomic E-state index is -0.142. The van der Waals surface area contributed by atoms with Crippen LogP contribution in [0.4, 0.5) is 4.79 Å². The van der Waals surface area contributed by atoms with E-state index in [1.165, 1.54) is 11.3 Å². The Kier molecular flexibility index (Phi) is 4.44. The molecule has 3 amide bonds. The number of fused-ring (bicyclic) bond motifs is 4. The Bertz CT molecular complexity index is 731. The van der Waals surface area contributed by atoms with Gasteiger partial charge in [-0.25, -0.2) is 9.78 Å². The maximum atomic E-state index is 12.8. The van der Waals surface area contributed by atoms with Crippen LogP contribution >= 0.6 is 11.3 Å². The summed E-state index contributed by atoms with van der Waals surface area (Å²) in [7, 11) is 0. The number of amides is 3. The lowest BCUT2D eigenvalue weighted by Crippen LogP contribution is -2.48. The molecule has 0 radical (unpaired) electrons. The lowest BCUT2D eigenvalue weighted by Gasteiger charge is -2.35. The molecule has 5 heterocycles. The van der Waals surface area contributed by atoms with E-state index in [1.54, 1.807) is 22.7 Å². The highest BCUT2D eigenvalue weighted by molar-refractivity contribution is 7.07. The van der Waals surface area contributed by atoms with Gasteiger partial charge < -0.3 is 19.5 Å². The maximum Gasteiger partial charge on any atom is 0.317 e. The van der Waals surface area contributed by atoms with Crippen molar-refractivity contribution in [3.63, 3.8) is 0 Å². The number of rotatable bonds is 4. The molecule has 0 saturated carbocycles. The summed E-state index contributed by atoms with van der Waals surface area (Å²) >= 11 is 1.53. The standard InChI is InChI=1S/C17H20N4O3S/c22-16-12-3-4-14(21(16)8-13-10-25-11-19-13)9-20(7-12)17(23)18-6-15-2-1-5-24-15/h1-2,5,10-12,14H,3-4,6-9H2,(H,18,23). The average molecular weight is 360 g/mol. The van der Waals surface area contributed by atoms with Crippen LogP contribution in [0.1, 0.15) is 24.3 Å². The summed E-state index contributed by atoms with van der Waals surface area (Å²) in [6, 6.07) is 3.53. The minimum absolute atomic E-state index is 0.0577. The van der Waals surface area contributed by atoms with E-state index in [1.807, 2.05) is 16.3 Å². The SMILES string of the molecule is O=C(NCc1ccco1)N1CC2CCC(C1)N(Cc1cscn1)C2=O. The van der Waals surface area contributed by atoms with E-state index in [-0.39, 0.29) is 23.9 Å². The van der Waals surface area contributed by atoms with Crippen molar-refractivity contribution in [1.29, 1.82) is 0 Å². The predicted octanol–water partition coefficient (Wildman–Crippen LogP) is 2.07. The number of hydrogen-bond donors (Lipinski definition) is 1. The van der Waals surface area contributed by atoms with Crippen LogP contribution in [0.2, 0.25) is 0 Å². The molecule has 2 bridgehead atoms. The van der Waals surface area contributed by atoms with Gasteiger partial charge in [0.2, 0.25) is 5.91 Å². The molecule has 3 fully saturated rings. The minimum Gasteiger partial charge on any atom is -0.467 e. The molecule has 2 aromatic heterocycles. The summed E-state index contributed by atoms with van der Waals surface area (Å²) in [5.74, 6) is 0.740. The quantitative estimate of drug-likeness (QED) is 0.905. The number of thiazole rings is 1. The van der Waals surface area contributed by atoms with Crippen molar-refractivity contribution in [3.8, 4) is 0 Å².